The molecule has 1 N–H and O–H groups in total. The summed E-state index contributed by atoms with van der Waals surface area (Å²) < 4.78 is 11.3. The van der Waals surface area contributed by atoms with Crippen LogP contribution in [-0.2, 0) is 11.2 Å². The number of nitrogens with one attached hydrogen (secondary N) is 1. The zero-order valence-electron chi connectivity index (χ0n) is 16.8. The van der Waals surface area contributed by atoms with Crippen molar-refractivity contribution in [3.05, 3.63) is 71.6 Å². The molecule has 3 heterocycles. The lowest BCUT2D eigenvalue weighted by Gasteiger charge is -2.13. The summed E-state index contributed by atoms with van der Waals surface area (Å²) in [6.45, 7) is 2.46. The van der Waals surface area contributed by atoms with Crippen LogP contribution >= 0.6 is 0 Å². The van der Waals surface area contributed by atoms with E-state index in [9.17, 15) is 4.79 Å². The lowest BCUT2D eigenvalue weighted by atomic mass is 10.0. The molecule has 0 fully saturated rings. The van der Waals surface area contributed by atoms with Gasteiger partial charge in [0.05, 0.1) is 19.3 Å². The van der Waals surface area contributed by atoms with E-state index in [1.807, 2.05) is 31.2 Å². The molecule has 0 saturated carbocycles. The number of carbonyl (C=O) groups is 1. The Kier molecular flexibility index (Phi) is 5.70. The van der Waals surface area contributed by atoms with E-state index in [0.717, 1.165) is 40.1 Å². The van der Waals surface area contributed by atoms with Gasteiger partial charge >= 0.3 is 0 Å². The smallest absolute Gasteiger partial charge is 0.244 e. The fourth-order valence-electron chi connectivity index (χ4n) is 3.39. The Bertz CT molecular complexity index is 1070. The molecule has 30 heavy (non-hydrogen) atoms. The van der Waals surface area contributed by atoms with Crippen molar-refractivity contribution in [2.45, 2.75) is 19.4 Å². The number of amides is 1. The van der Waals surface area contributed by atoms with Crippen LogP contribution in [-0.4, -0.2) is 40.8 Å². The predicted molar refractivity (Wildman–Crippen MR) is 113 cm³/mol. The lowest BCUT2D eigenvalue weighted by Crippen LogP contribution is -2.33. The quantitative estimate of drug-likeness (QED) is 0.638. The van der Waals surface area contributed by atoms with Gasteiger partial charge in [-0.25, -0.2) is 0 Å². The number of benzene rings is 1. The number of hydrogen-bond acceptors (Lipinski definition) is 6. The highest BCUT2D eigenvalue weighted by Gasteiger charge is 2.27. The van der Waals surface area contributed by atoms with E-state index < -0.39 is 0 Å². The summed E-state index contributed by atoms with van der Waals surface area (Å²) in [6.07, 6.45) is 7.24. The Balaban J connectivity index is 1.42. The van der Waals surface area contributed by atoms with Gasteiger partial charge in [0.25, 0.3) is 0 Å². The first-order valence-corrected chi connectivity index (χ1v) is 9.66. The molecule has 3 aromatic rings. The lowest BCUT2D eigenvalue weighted by molar-refractivity contribution is -0.116. The van der Waals surface area contributed by atoms with Crippen LogP contribution in [0.25, 0.3) is 17.3 Å². The Hall–Kier alpha value is -3.74. The fraction of sp³-hybridized carbons (Fsp3) is 0.217. The molecule has 0 spiro atoms. The van der Waals surface area contributed by atoms with Crippen molar-refractivity contribution < 1.29 is 14.3 Å². The van der Waals surface area contributed by atoms with E-state index in [-0.39, 0.29) is 12.0 Å². The van der Waals surface area contributed by atoms with E-state index in [1.165, 1.54) is 6.08 Å². The minimum Gasteiger partial charge on any atom is -0.487 e. The third-order valence-corrected chi connectivity index (χ3v) is 4.80. The van der Waals surface area contributed by atoms with E-state index in [4.69, 9.17) is 9.47 Å². The number of fused-ring (bicyclic) bond motifs is 1. The third kappa shape index (κ3) is 4.46. The zero-order chi connectivity index (χ0) is 20.9. The highest BCUT2D eigenvalue weighted by atomic mass is 16.5. The number of ether oxygens (including phenoxy) is 2. The molecule has 0 aliphatic carbocycles. The van der Waals surface area contributed by atoms with Crippen LogP contribution in [0.1, 0.15) is 16.7 Å². The monoisotopic (exact) mass is 402 g/mol. The van der Waals surface area contributed by atoms with Crippen molar-refractivity contribution in [3.63, 3.8) is 0 Å². The van der Waals surface area contributed by atoms with E-state index in [0.29, 0.717) is 12.4 Å². The number of pyridine rings is 1. The summed E-state index contributed by atoms with van der Waals surface area (Å²) in [4.78, 5) is 16.1. The van der Waals surface area contributed by atoms with Crippen LogP contribution in [0.15, 0.2) is 54.9 Å². The number of nitrogens with zero attached hydrogens (tertiary/aromatic N) is 3. The van der Waals surface area contributed by atoms with Crippen molar-refractivity contribution in [1.29, 1.82) is 0 Å². The highest BCUT2D eigenvalue weighted by molar-refractivity contribution is 5.91. The Morgan fingerprint density at radius 3 is 2.80 bits per heavy atom. The first-order chi connectivity index (χ1) is 14.6. The van der Waals surface area contributed by atoms with Gasteiger partial charge in [-0.15, -0.1) is 10.2 Å². The van der Waals surface area contributed by atoms with Gasteiger partial charge in [-0.05, 0) is 54.0 Å². The molecule has 1 aliphatic heterocycles. The highest BCUT2D eigenvalue weighted by Crippen LogP contribution is 2.39. The second-order valence-corrected chi connectivity index (χ2v) is 7.06. The van der Waals surface area contributed by atoms with Crippen molar-refractivity contribution in [2.75, 3.05) is 13.7 Å². The number of carbonyl (C=O) groups excluding carboxylic acids is 1. The molecule has 1 aromatic carbocycles. The average Bonchev–Trinajstić information content (AvgIpc) is 3.19. The van der Waals surface area contributed by atoms with Crippen molar-refractivity contribution in [3.8, 4) is 22.9 Å². The molecule has 0 saturated heterocycles. The van der Waals surface area contributed by atoms with Crippen molar-refractivity contribution >= 4 is 12.0 Å². The van der Waals surface area contributed by atoms with Crippen LogP contribution in [0.4, 0.5) is 0 Å². The molecular weight excluding hydrogens is 380 g/mol. The second-order valence-electron chi connectivity index (χ2n) is 7.06. The largest absolute Gasteiger partial charge is 0.487 e. The molecule has 2 aromatic heterocycles. The molecule has 1 aliphatic rings. The second kappa shape index (κ2) is 8.73. The van der Waals surface area contributed by atoms with Gasteiger partial charge in [0.15, 0.2) is 0 Å². The summed E-state index contributed by atoms with van der Waals surface area (Å²) in [5, 5.41) is 11.2. The number of hydrogen-bond donors (Lipinski definition) is 1. The zero-order valence-corrected chi connectivity index (χ0v) is 16.8. The van der Waals surface area contributed by atoms with Crippen molar-refractivity contribution in [1.82, 2.24) is 20.5 Å². The summed E-state index contributed by atoms with van der Waals surface area (Å²) in [5.41, 5.74) is 4.77. The molecule has 1 atom stereocenters. The number of rotatable bonds is 6. The van der Waals surface area contributed by atoms with E-state index >= 15 is 0 Å². The molecule has 0 bridgehead atoms. The van der Waals surface area contributed by atoms with Gasteiger partial charge < -0.3 is 14.8 Å². The van der Waals surface area contributed by atoms with Crippen LogP contribution in [0.2, 0.25) is 0 Å². The molecule has 1 unspecified atom stereocenters. The minimum absolute atomic E-state index is 0.134. The van der Waals surface area contributed by atoms with Crippen molar-refractivity contribution in [2.24, 2.45) is 0 Å². The number of aryl methyl sites for hydroxylation is 1. The van der Waals surface area contributed by atoms with Gasteiger partial charge in [0, 0.05) is 36.5 Å². The first-order valence-electron chi connectivity index (χ1n) is 9.66. The molecule has 7 nitrogen and oxygen atoms in total. The van der Waals surface area contributed by atoms with Gasteiger partial charge in [0.2, 0.25) is 11.8 Å². The maximum absolute atomic E-state index is 12.1. The Labute approximate surface area is 174 Å². The molecule has 152 valence electrons. The SMILES string of the molecule is COc1ccc(-c2cc(C)cc3c2OC(CNC(=O)C=Cc2ccncc2)C3)nn1. The number of methoxy groups -OCH3 is 1. The standard InChI is InChI=1S/C23H22N4O3/c1-15-11-17-13-18(14-25-21(28)5-3-16-7-9-24-10-8-16)30-23(17)19(12-15)20-4-6-22(29-2)27-26-20/h3-12,18H,13-14H2,1-2H3,(H,25,28). The third-order valence-electron chi connectivity index (χ3n) is 4.80. The van der Waals surface area contributed by atoms with Gasteiger partial charge in [-0.2, -0.15) is 0 Å². The summed E-state index contributed by atoms with van der Waals surface area (Å²) in [5.74, 6) is 1.10. The van der Waals surface area contributed by atoms with E-state index in [2.05, 4.69) is 26.6 Å². The molecule has 1 amide bonds. The maximum atomic E-state index is 12.1. The Morgan fingerprint density at radius 1 is 1.23 bits per heavy atom. The fourth-order valence-corrected chi connectivity index (χ4v) is 3.39. The average molecular weight is 402 g/mol. The summed E-state index contributed by atoms with van der Waals surface area (Å²) >= 11 is 0. The number of aromatic nitrogens is 3. The molecular formula is C23H22N4O3. The van der Waals surface area contributed by atoms with Gasteiger partial charge in [-0.3, -0.25) is 9.78 Å². The van der Waals surface area contributed by atoms with Crippen LogP contribution in [0.3, 0.4) is 0 Å². The summed E-state index contributed by atoms with van der Waals surface area (Å²) in [6, 6.07) is 11.5. The topological polar surface area (TPSA) is 86.2 Å². The molecule has 7 heteroatoms. The maximum Gasteiger partial charge on any atom is 0.244 e. The van der Waals surface area contributed by atoms with Gasteiger partial charge in [-0.1, -0.05) is 6.07 Å². The minimum atomic E-state index is -0.163. The molecule has 0 radical (unpaired) electrons. The first kappa shape index (κ1) is 19.6. The predicted octanol–water partition coefficient (Wildman–Crippen LogP) is 2.99. The molecule has 4 rings (SSSR count). The van der Waals surface area contributed by atoms with Crippen LogP contribution in [0, 0.1) is 6.92 Å². The van der Waals surface area contributed by atoms with Gasteiger partial charge in [0.1, 0.15) is 11.9 Å². The Morgan fingerprint density at radius 2 is 2.07 bits per heavy atom. The summed E-state index contributed by atoms with van der Waals surface area (Å²) in [7, 11) is 1.56. The van der Waals surface area contributed by atoms with Crippen LogP contribution < -0.4 is 14.8 Å². The normalized spacial score (nSPS) is 14.9. The van der Waals surface area contributed by atoms with Crippen LogP contribution in [0.5, 0.6) is 11.6 Å². The van der Waals surface area contributed by atoms with E-state index in [1.54, 1.807) is 31.6 Å².